The molecule has 2 heterocycles. The lowest BCUT2D eigenvalue weighted by Gasteiger charge is -2.08. The van der Waals surface area contributed by atoms with Crippen LogP contribution < -0.4 is 10.9 Å². The molecule has 2 N–H and O–H groups in total. The molecular weight excluding hydrogens is 384 g/mol. The molecule has 0 radical (unpaired) electrons. The Hall–Kier alpha value is -2.77. The third kappa shape index (κ3) is 3.43. The van der Waals surface area contributed by atoms with Crippen molar-refractivity contribution in [3.63, 3.8) is 0 Å². The van der Waals surface area contributed by atoms with Gasteiger partial charge in [0, 0.05) is 28.7 Å². The molecule has 0 aliphatic heterocycles. The van der Waals surface area contributed by atoms with Gasteiger partial charge in [-0.3, -0.25) is 14.2 Å². The third-order valence-electron chi connectivity index (χ3n) is 4.13. The van der Waals surface area contributed by atoms with E-state index in [0.717, 1.165) is 10.9 Å². The van der Waals surface area contributed by atoms with Gasteiger partial charge in [-0.05, 0) is 24.3 Å². The highest BCUT2D eigenvalue weighted by Gasteiger charge is 2.15. The monoisotopic (exact) mass is 398 g/mol. The van der Waals surface area contributed by atoms with Crippen LogP contribution in [-0.4, -0.2) is 26.2 Å². The summed E-state index contributed by atoms with van der Waals surface area (Å²) < 4.78 is 1.45. The lowest BCUT2D eigenvalue weighted by Crippen LogP contribution is -2.21. The molecule has 2 aromatic heterocycles. The van der Waals surface area contributed by atoms with Gasteiger partial charge in [0.25, 0.3) is 5.56 Å². The normalized spacial score (nSPS) is 11.2. The van der Waals surface area contributed by atoms with Gasteiger partial charge in [0.2, 0.25) is 5.91 Å². The number of nitrogens with one attached hydrogen (secondary N) is 2. The number of rotatable bonds is 4. The van der Waals surface area contributed by atoms with Crippen LogP contribution in [0.15, 0.2) is 58.5 Å². The predicted octanol–water partition coefficient (Wildman–Crippen LogP) is 3.80. The molecule has 0 fully saturated rings. The molecule has 136 valence electrons. The van der Waals surface area contributed by atoms with Gasteiger partial charge >= 0.3 is 0 Å². The molecule has 0 bridgehead atoms. The summed E-state index contributed by atoms with van der Waals surface area (Å²) in [5, 5.41) is 4.70. The van der Waals surface area contributed by atoms with E-state index in [-0.39, 0.29) is 17.2 Å². The van der Waals surface area contributed by atoms with Gasteiger partial charge in [-0.25, -0.2) is 4.98 Å². The van der Waals surface area contributed by atoms with Crippen molar-refractivity contribution in [1.29, 1.82) is 0 Å². The van der Waals surface area contributed by atoms with Crippen LogP contribution in [0.4, 0.5) is 5.69 Å². The second-order valence-electron chi connectivity index (χ2n) is 6.00. The van der Waals surface area contributed by atoms with Crippen LogP contribution in [0.2, 0.25) is 5.02 Å². The first-order chi connectivity index (χ1) is 13.0. The largest absolute Gasteiger partial charge is 0.349 e. The first-order valence-electron chi connectivity index (χ1n) is 8.18. The molecule has 4 rings (SSSR count). The van der Waals surface area contributed by atoms with E-state index in [0.29, 0.717) is 26.9 Å². The van der Waals surface area contributed by atoms with Gasteiger partial charge in [-0.15, -0.1) is 0 Å². The number of amides is 1. The van der Waals surface area contributed by atoms with Crippen LogP contribution in [0.5, 0.6) is 0 Å². The summed E-state index contributed by atoms with van der Waals surface area (Å²) >= 11 is 7.14. The van der Waals surface area contributed by atoms with Gasteiger partial charge in [0.1, 0.15) is 11.0 Å². The fraction of sp³-hybridized carbons (Fsp3) is 0.105. The van der Waals surface area contributed by atoms with Crippen molar-refractivity contribution >= 4 is 56.9 Å². The standard InChI is InChI=1S/C19H15ClN4O2S/c1-24-18(26)17-16(13-7-2-3-8-14(13)22-17)23-19(24)27-10-15(25)21-12-6-4-5-11(20)9-12/h2-9,22H,10H2,1H3,(H,21,25). The van der Waals surface area contributed by atoms with E-state index < -0.39 is 0 Å². The van der Waals surface area contributed by atoms with Crippen LogP contribution in [-0.2, 0) is 11.8 Å². The summed E-state index contributed by atoms with van der Waals surface area (Å²) in [6, 6.07) is 14.6. The number of H-pyrrole nitrogens is 1. The van der Waals surface area contributed by atoms with Gasteiger partial charge < -0.3 is 10.3 Å². The predicted molar refractivity (Wildman–Crippen MR) is 110 cm³/mol. The summed E-state index contributed by atoms with van der Waals surface area (Å²) in [4.78, 5) is 32.6. The fourth-order valence-electron chi connectivity index (χ4n) is 2.85. The number of nitrogens with zero attached hydrogens (tertiary/aromatic N) is 2. The highest BCUT2D eigenvalue weighted by Crippen LogP contribution is 2.24. The van der Waals surface area contributed by atoms with Crippen molar-refractivity contribution in [2.45, 2.75) is 5.16 Å². The first-order valence-corrected chi connectivity index (χ1v) is 9.55. The Morgan fingerprint density at radius 2 is 2.07 bits per heavy atom. The lowest BCUT2D eigenvalue weighted by molar-refractivity contribution is -0.113. The summed E-state index contributed by atoms with van der Waals surface area (Å²) in [5.41, 5.74) is 2.40. The van der Waals surface area contributed by atoms with Gasteiger partial charge in [0.15, 0.2) is 5.16 Å². The summed E-state index contributed by atoms with van der Waals surface area (Å²) in [6.45, 7) is 0. The SMILES string of the molecule is Cn1c(SCC(=O)Nc2cccc(Cl)c2)nc2c([nH]c3ccccc32)c1=O. The molecule has 0 atom stereocenters. The maximum Gasteiger partial charge on any atom is 0.278 e. The number of carbonyl (C=O) groups excluding carboxylic acids is 1. The molecule has 0 saturated carbocycles. The fourth-order valence-corrected chi connectivity index (χ4v) is 3.80. The number of para-hydroxylation sites is 1. The average Bonchev–Trinajstić information content (AvgIpc) is 3.02. The highest BCUT2D eigenvalue weighted by molar-refractivity contribution is 7.99. The number of benzene rings is 2. The zero-order chi connectivity index (χ0) is 19.0. The number of thioether (sulfide) groups is 1. The number of halogens is 1. The summed E-state index contributed by atoms with van der Waals surface area (Å²) in [7, 11) is 1.65. The molecule has 2 aromatic carbocycles. The van der Waals surface area contributed by atoms with Crippen LogP contribution in [0.25, 0.3) is 21.9 Å². The molecule has 0 saturated heterocycles. The van der Waals surface area contributed by atoms with Gasteiger partial charge in [-0.1, -0.05) is 47.6 Å². The molecule has 1 amide bonds. The maximum atomic E-state index is 12.7. The molecule has 4 aromatic rings. The van der Waals surface area contributed by atoms with E-state index in [4.69, 9.17) is 11.6 Å². The minimum Gasteiger partial charge on any atom is -0.349 e. The number of fused-ring (bicyclic) bond motifs is 3. The Kier molecular flexibility index (Phi) is 4.63. The number of carbonyl (C=O) groups is 1. The highest BCUT2D eigenvalue weighted by atomic mass is 35.5. The first kappa shape index (κ1) is 17.6. The van der Waals surface area contributed by atoms with Crippen molar-refractivity contribution in [3.8, 4) is 0 Å². The second kappa shape index (κ2) is 7.09. The molecule has 6 nitrogen and oxygen atoms in total. The molecule has 0 aliphatic rings. The minimum absolute atomic E-state index is 0.126. The Morgan fingerprint density at radius 1 is 1.26 bits per heavy atom. The van der Waals surface area contributed by atoms with Crippen molar-refractivity contribution in [1.82, 2.24) is 14.5 Å². The minimum atomic E-state index is -0.199. The molecule has 0 spiro atoms. The van der Waals surface area contributed by atoms with E-state index in [1.165, 1.54) is 16.3 Å². The Morgan fingerprint density at radius 3 is 2.89 bits per heavy atom. The van der Waals surface area contributed by atoms with Crippen molar-refractivity contribution < 1.29 is 4.79 Å². The number of aromatic amines is 1. The average molecular weight is 399 g/mol. The molecule has 0 aliphatic carbocycles. The zero-order valence-corrected chi connectivity index (χ0v) is 15.9. The number of aromatic nitrogens is 3. The Bertz CT molecular complexity index is 1230. The smallest absolute Gasteiger partial charge is 0.278 e. The van der Waals surface area contributed by atoms with Crippen LogP contribution in [0.1, 0.15) is 0 Å². The third-order valence-corrected chi connectivity index (χ3v) is 5.40. The van der Waals surface area contributed by atoms with Crippen molar-refractivity contribution in [3.05, 3.63) is 63.9 Å². The van der Waals surface area contributed by atoms with E-state index in [1.54, 1.807) is 31.3 Å². The second-order valence-corrected chi connectivity index (χ2v) is 7.38. The van der Waals surface area contributed by atoms with E-state index in [2.05, 4.69) is 15.3 Å². The van der Waals surface area contributed by atoms with E-state index >= 15 is 0 Å². The number of hydrogen-bond acceptors (Lipinski definition) is 4. The Labute approximate surface area is 163 Å². The van der Waals surface area contributed by atoms with Gasteiger partial charge in [0.05, 0.1) is 5.75 Å². The van der Waals surface area contributed by atoms with Crippen LogP contribution in [0, 0.1) is 0 Å². The summed E-state index contributed by atoms with van der Waals surface area (Å²) in [6.07, 6.45) is 0. The van der Waals surface area contributed by atoms with E-state index in [1.807, 2.05) is 24.3 Å². The Balaban J connectivity index is 1.60. The number of anilines is 1. The zero-order valence-electron chi connectivity index (χ0n) is 14.3. The molecule has 27 heavy (non-hydrogen) atoms. The quantitative estimate of drug-likeness (QED) is 0.405. The van der Waals surface area contributed by atoms with Crippen LogP contribution in [0.3, 0.4) is 0 Å². The van der Waals surface area contributed by atoms with Gasteiger partial charge in [-0.2, -0.15) is 0 Å². The maximum absolute atomic E-state index is 12.7. The topological polar surface area (TPSA) is 79.8 Å². The van der Waals surface area contributed by atoms with Crippen molar-refractivity contribution in [2.75, 3.05) is 11.1 Å². The summed E-state index contributed by atoms with van der Waals surface area (Å²) in [5.74, 6) is -0.0729. The lowest BCUT2D eigenvalue weighted by atomic mass is 10.2. The van der Waals surface area contributed by atoms with E-state index in [9.17, 15) is 9.59 Å². The molecule has 8 heteroatoms. The van der Waals surface area contributed by atoms with Crippen LogP contribution >= 0.6 is 23.4 Å². The van der Waals surface area contributed by atoms with Crippen molar-refractivity contribution in [2.24, 2.45) is 7.05 Å². The number of hydrogen-bond donors (Lipinski definition) is 2. The molecule has 0 unspecified atom stereocenters. The molecular formula is C19H15ClN4O2S.